The molecule has 23 heavy (non-hydrogen) atoms. The van der Waals surface area contributed by atoms with Crippen molar-refractivity contribution in [3.05, 3.63) is 55.9 Å². The number of hydrogen-bond donors (Lipinski definition) is 0. The average Bonchev–Trinajstić information content (AvgIpc) is 3.13. The van der Waals surface area contributed by atoms with Crippen LogP contribution < -0.4 is 0 Å². The van der Waals surface area contributed by atoms with E-state index in [2.05, 4.69) is 49.6 Å². The minimum Gasteiger partial charge on any atom is -0.286 e. The van der Waals surface area contributed by atoms with Gasteiger partial charge in [0.25, 0.3) is 0 Å². The molecule has 3 heteroatoms. The summed E-state index contributed by atoms with van der Waals surface area (Å²) in [4.78, 5) is 8.84. The molecule has 1 saturated carbocycles. The Morgan fingerprint density at radius 2 is 1.43 bits per heavy atom. The second-order valence-electron chi connectivity index (χ2n) is 7.61. The summed E-state index contributed by atoms with van der Waals surface area (Å²) >= 11 is 3.98. The van der Waals surface area contributed by atoms with Gasteiger partial charge < -0.3 is 0 Å². The number of thiophene rings is 2. The van der Waals surface area contributed by atoms with E-state index in [0.717, 1.165) is 5.92 Å². The minimum atomic E-state index is 0.571. The summed E-state index contributed by atoms with van der Waals surface area (Å²) in [5.74, 6) is 2.26. The largest absolute Gasteiger partial charge is 0.286 e. The summed E-state index contributed by atoms with van der Waals surface area (Å²) in [6.45, 7) is 10.3. The lowest BCUT2D eigenvalue weighted by molar-refractivity contribution is -0.0721. The monoisotopic (exact) mass is 341 g/mol. The van der Waals surface area contributed by atoms with Crippen molar-refractivity contribution in [2.75, 3.05) is 6.54 Å². The van der Waals surface area contributed by atoms with Crippen LogP contribution in [0.3, 0.4) is 0 Å². The van der Waals surface area contributed by atoms with Crippen LogP contribution in [0.5, 0.6) is 0 Å². The van der Waals surface area contributed by atoms with E-state index in [4.69, 9.17) is 0 Å². The summed E-state index contributed by atoms with van der Waals surface area (Å²) < 4.78 is 0. The second kappa shape index (κ2) is 5.05. The van der Waals surface area contributed by atoms with E-state index < -0.39 is 0 Å². The fourth-order valence-electron chi connectivity index (χ4n) is 5.31. The van der Waals surface area contributed by atoms with Crippen LogP contribution in [-0.2, 0) is 0 Å². The Labute approximate surface area is 146 Å². The molecule has 0 N–H and O–H groups in total. The number of nitrogens with zero attached hydrogens (tertiary/aromatic N) is 1. The van der Waals surface area contributed by atoms with Gasteiger partial charge in [0.15, 0.2) is 0 Å². The van der Waals surface area contributed by atoms with Crippen molar-refractivity contribution in [1.82, 2.24) is 4.90 Å². The van der Waals surface area contributed by atoms with Crippen molar-refractivity contribution in [3.8, 4) is 0 Å². The fourth-order valence-corrected chi connectivity index (χ4v) is 7.44. The van der Waals surface area contributed by atoms with Crippen molar-refractivity contribution in [2.24, 2.45) is 17.8 Å². The van der Waals surface area contributed by atoms with Crippen molar-refractivity contribution >= 4 is 22.7 Å². The highest BCUT2D eigenvalue weighted by molar-refractivity contribution is 7.12. The molecule has 0 aromatic carbocycles. The molecule has 6 rings (SSSR count). The van der Waals surface area contributed by atoms with Crippen LogP contribution in [0.2, 0.25) is 0 Å². The molecule has 6 atom stereocenters. The molecule has 3 saturated heterocycles. The van der Waals surface area contributed by atoms with Gasteiger partial charge in [-0.25, -0.2) is 0 Å². The molecule has 1 aliphatic carbocycles. The lowest BCUT2D eigenvalue weighted by atomic mass is 9.59. The smallest absolute Gasteiger partial charge is 0.0513 e. The van der Waals surface area contributed by atoms with Gasteiger partial charge in [-0.2, -0.15) is 0 Å². The topological polar surface area (TPSA) is 3.24 Å². The second-order valence-corrected chi connectivity index (χ2v) is 10.2. The van der Waals surface area contributed by atoms with Crippen molar-refractivity contribution in [1.29, 1.82) is 0 Å². The maximum Gasteiger partial charge on any atom is 0.0513 e. The Morgan fingerprint density at radius 3 is 1.87 bits per heavy atom. The summed E-state index contributed by atoms with van der Waals surface area (Å²) in [5.41, 5.74) is 1.55. The summed E-state index contributed by atoms with van der Waals surface area (Å²) in [6.07, 6.45) is 2.73. The average molecular weight is 342 g/mol. The predicted molar refractivity (Wildman–Crippen MR) is 99.1 cm³/mol. The Balaban J connectivity index is 1.62. The first-order valence-corrected chi connectivity index (χ1v) is 10.3. The first kappa shape index (κ1) is 14.4. The molecule has 4 fully saturated rings. The highest BCUT2D eigenvalue weighted by Crippen LogP contribution is 2.62. The highest BCUT2D eigenvalue weighted by atomic mass is 32.1. The van der Waals surface area contributed by atoms with Gasteiger partial charge in [0.2, 0.25) is 0 Å². The van der Waals surface area contributed by atoms with Gasteiger partial charge in [-0.05, 0) is 56.9 Å². The molecule has 2 aromatic heterocycles. The normalized spacial score (nSPS) is 38.4. The molecule has 4 aliphatic rings. The molecular weight excluding hydrogens is 318 g/mol. The maximum absolute atomic E-state index is 4.60. The van der Waals surface area contributed by atoms with E-state index in [9.17, 15) is 0 Å². The maximum atomic E-state index is 4.60. The summed E-state index contributed by atoms with van der Waals surface area (Å²) in [7, 11) is 0. The molecule has 2 aromatic rings. The van der Waals surface area contributed by atoms with Crippen molar-refractivity contribution < 1.29 is 0 Å². The molecule has 0 radical (unpaired) electrons. The van der Waals surface area contributed by atoms with Crippen LogP contribution in [-0.4, -0.2) is 11.4 Å². The number of hydrogen-bond acceptors (Lipinski definition) is 3. The molecule has 5 heterocycles. The van der Waals surface area contributed by atoms with Gasteiger partial charge in [-0.15, -0.1) is 22.7 Å². The third-order valence-corrected chi connectivity index (χ3v) is 8.32. The molecule has 120 valence electrons. The van der Waals surface area contributed by atoms with Crippen LogP contribution in [0.4, 0.5) is 0 Å². The molecule has 1 nitrogen and oxygen atoms in total. The first-order chi connectivity index (χ1) is 11.1. The predicted octanol–water partition coefficient (Wildman–Crippen LogP) is 5.74. The lowest BCUT2D eigenvalue weighted by Gasteiger charge is -2.61. The van der Waals surface area contributed by atoms with E-state index >= 15 is 0 Å². The van der Waals surface area contributed by atoms with Gasteiger partial charge in [0, 0.05) is 37.9 Å². The van der Waals surface area contributed by atoms with E-state index in [-0.39, 0.29) is 0 Å². The molecule has 0 spiro atoms. The van der Waals surface area contributed by atoms with E-state index in [0.29, 0.717) is 23.9 Å². The van der Waals surface area contributed by atoms with Crippen LogP contribution >= 0.6 is 22.7 Å². The van der Waals surface area contributed by atoms with Gasteiger partial charge in [-0.3, -0.25) is 4.90 Å². The van der Waals surface area contributed by atoms with E-state index in [1.54, 1.807) is 15.3 Å². The Kier molecular flexibility index (Phi) is 3.17. The van der Waals surface area contributed by atoms with Gasteiger partial charge in [0.05, 0.1) is 12.1 Å². The van der Waals surface area contributed by atoms with Crippen LogP contribution in [0.1, 0.15) is 44.4 Å². The summed E-state index contributed by atoms with van der Waals surface area (Å²) in [6, 6.07) is 10.5. The Morgan fingerprint density at radius 1 is 0.913 bits per heavy atom. The van der Waals surface area contributed by atoms with Crippen molar-refractivity contribution in [3.63, 3.8) is 0 Å². The fraction of sp³-hybridized carbons (Fsp3) is 0.500. The van der Waals surface area contributed by atoms with Crippen LogP contribution in [0.25, 0.3) is 0 Å². The SMILES string of the molecule is C=C1[C@H]2CC3C[C@@H]1[C@@H](c1ccc(C)s1)N(C3)[C@@H]2c1ccc(C)s1. The third-order valence-electron chi connectivity index (χ3n) is 6.18. The van der Waals surface area contributed by atoms with Crippen LogP contribution in [0, 0.1) is 31.6 Å². The number of rotatable bonds is 2. The standard InChI is InChI=1S/C20H23NS2/c1-11-4-6-17(22-11)19-15-8-14-9-16(13(15)3)20(21(19)10-14)18-7-5-12(2)23-18/h4-7,14-16,19-20H,3,8-10H2,1-2H3/t14?,15-,16+,19-,20-/m0/s1. The Hall–Kier alpha value is -0.900. The molecule has 0 amide bonds. The highest BCUT2D eigenvalue weighted by Gasteiger charge is 2.55. The molecule has 4 bridgehead atoms. The minimum absolute atomic E-state index is 0.571. The number of piperidine rings is 3. The van der Waals surface area contributed by atoms with Gasteiger partial charge >= 0.3 is 0 Å². The molecule has 3 aliphatic heterocycles. The molecule has 2 unspecified atom stereocenters. The van der Waals surface area contributed by atoms with Gasteiger partial charge in [0.1, 0.15) is 0 Å². The molecular formula is C20H23NS2. The zero-order chi connectivity index (χ0) is 15.7. The summed E-state index contributed by atoms with van der Waals surface area (Å²) in [5, 5.41) is 0. The van der Waals surface area contributed by atoms with E-state index in [1.165, 1.54) is 29.1 Å². The van der Waals surface area contributed by atoms with Crippen molar-refractivity contribution in [2.45, 2.75) is 38.8 Å². The quantitative estimate of drug-likeness (QED) is 0.630. The zero-order valence-electron chi connectivity index (χ0n) is 13.8. The first-order valence-electron chi connectivity index (χ1n) is 8.69. The Bertz CT molecular complexity index is 710. The van der Waals surface area contributed by atoms with Gasteiger partial charge in [-0.1, -0.05) is 12.2 Å². The zero-order valence-corrected chi connectivity index (χ0v) is 15.4. The third kappa shape index (κ3) is 2.06. The van der Waals surface area contributed by atoms with Crippen LogP contribution in [0.15, 0.2) is 36.4 Å². The van der Waals surface area contributed by atoms with E-state index in [1.807, 2.05) is 22.7 Å². The lowest BCUT2D eigenvalue weighted by Crippen LogP contribution is -2.57. The number of aryl methyl sites for hydroxylation is 2.